The van der Waals surface area contributed by atoms with Crippen molar-refractivity contribution in [1.82, 2.24) is 19.9 Å². The molecule has 1 saturated carbocycles. The first-order chi connectivity index (χ1) is 19.7. The fourth-order valence-electron chi connectivity index (χ4n) is 5.47. The molecule has 3 N–H and O–H groups in total. The predicted octanol–water partition coefficient (Wildman–Crippen LogP) is 4.42. The zero-order valence-electron chi connectivity index (χ0n) is 22.9. The molecule has 0 bridgehead atoms. The molecule has 226 valence electrons. The summed E-state index contributed by atoms with van der Waals surface area (Å²) in [5.74, 6) is -0.964. The lowest BCUT2D eigenvalue weighted by Crippen LogP contribution is -2.43. The van der Waals surface area contributed by atoms with E-state index in [2.05, 4.69) is 10.3 Å². The van der Waals surface area contributed by atoms with Gasteiger partial charge in [0.25, 0.3) is 5.91 Å². The van der Waals surface area contributed by atoms with Gasteiger partial charge in [0.15, 0.2) is 5.01 Å². The molecule has 1 saturated heterocycles. The molecule has 0 spiro atoms. The Hall–Kier alpha value is -3.07. The van der Waals surface area contributed by atoms with Crippen LogP contribution in [0.1, 0.15) is 48.1 Å². The first kappa shape index (κ1) is 30.4. The number of likely N-dealkylation sites (N-methyl/N-ethyl adjacent to an activating group) is 1. The number of fused-ring (bicyclic) bond motifs is 1. The first-order valence-electron chi connectivity index (χ1n) is 13.6. The Labute approximate surface area is 245 Å². The largest absolute Gasteiger partial charge is 0.480 e. The number of benzene rings is 2. The molecule has 2 heterocycles. The zero-order chi connectivity index (χ0) is 30.4. The second-order valence-corrected chi connectivity index (χ2v) is 13.7. The van der Waals surface area contributed by atoms with Gasteiger partial charge in [0.05, 0.1) is 15.5 Å². The Balaban J connectivity index is 1.51. The summed E-state index contributed by atoms with van der Waals surface area (Å²) in [4.78, 5) is 31.5. The smallest absolute Gasteiger partial charge is 0.404 e. The topological polar surface area (TPSA) is 129 Å². The Kier molecular flexibility index (Phi) is 8.36. The summed E-state index contributed by atoms with van der Waals surface area (Å²) in [6.45, 7) is 1.13. The molecule has 3 unspecified atom stereocenters. The fourth-order valence-corrected chi connectivity index (χ4v) is 7.95. The third-order valence-electron chi connectivity index (χ3n) is 8.01. The minimum absolute atomic E-state index is 0.210. The van der Waals surface area contributed by atoms with Crippen molar-refractivity contribution in [3.05, 3.63) is 47.1 Å². The number of nitrogens with zero attached hydrogens (tertiary/aromatic N) is 2. The molecular formula is C28H31F3N4O5S2. The molecule has 3 atom stereocenters. The lowest BCUT2D eigenvalue weighted by molar-refractivity contribution is -0.147. The molecule has 9 nitrogen and oxygen atoms in total. The van der Waals surface area contributed by atoms with E-state index in [1.165, 1.54) is 6.07 Å². The Bertz CT molecular complexity index is 1620. The van der Waals surface area contributed by atoms with Gasteiger partial charge in [-0.3, -0.25) is 14.5 Å². The van der Waals surface area contributed by atoms with Gasteiger partial charge in [0.1, 0.15) is 12.1 Å². The maximum atomic E-state index is 13.3. The normalized spacial score (nSPS) is 20.9. The van der Waals surface area contributed by atoms with Crippen molar-refractivity contribution >= 4 is 44.0 Å². The van der Waals surface area contributed by atoms with Crippen molar-refractivity contribution in [3.8, 4) is 10.4 Å². The molecule has 2 aliphatic rings. The number of rotatable bonds is 9. The van der Waals surface area contributed by atoms with Crippen molar-refractivity contribution < 1.29 is 36.3 Å². The van der Waals surface area contributed by atoms with Crippen LogP contribution >= 0.6 is 11.3 Å². The molecule has 0 radical (unpaired) electrons. The minimum Gasteiger partial charge on any atom is -0.480 e. The Morgan fingerprint density at radius 2 is 1.86 bits per heavy atom. The number of aliphatic carboxylic acids is 1. The van der Waals surface area contributed by atoms with Crippen LogP contribution in [0.2, 0.25) is 0 Å². The number of carboxylic acid groups (broad SMARTS) is 1. The quantitative estimate of drug-likeness (QED) is 0.322. The number of likely N-dealkylation sites (tertiary alicyclic amines) is 1. The van der Waals surface area contributed by atoms with E-state index in [1.54, 1.807) is 47.0 Å². The highest BCUT2D eigenvalue weighted by Gasteiger charge is 2.39. The average Bonchev–Trinajstić information content (AvgIpc) is 3.48. The number of nitrogens with one attached hydrogen (secondary N) is 2. The van der Waals surface area contributed by atoms with Crippen molar-refractivity contribution in [2.45, 2.75) is 68.2 Å². The molecule has 42 heavy (non-hydrogen) atoms. The highest BCUT2D eigenvalue weighted by atomic mass is 32.2. The number of carbonyl (C=O) groups is 2. The lowest BCUT2D eigenvalue weighted by atomic mass is 9.81. The van der Waals surface area contributed by atoms with Crippen LogP contribution in [0.15, 0.2) is 41.3 Å². The van der Waals surface area contributed by atoms with Crippen molar-refractivity contribution in [3.63, 3.8) is 0 Å². The zero-order valence-corrected chi connectivity index (χ0v) is 24.6. The van der Waals surface area contributed by atoms with Crippen LogP contribution < -0.4 is 10.0 Å². The van der Waals surface area contributed by atoms with Crippen molar-refractivity contribution in [2.75, 3.05) is 13.6 Å². The van der Waals surface area contributed by atoms with Gasteiger partial charge in [-0.15, -0.1) is 11.3 Å². The Morgan fingerprint density at radius 3 is 2.45 bits per heavy atom. The van der Waals surface area contributed by atoms with E-state index in [9.17, 15) is 36.3 Å². The summed E-state index contributed by atoms with van der Waals surface area (Å²) < 4.78 is 67.3. The summed E-state index contributed by atoms with van der Waals surface area (Å²) in [6, 6.07) is 6.09. The molecule has 5 rings (SSSR count). The maximum absolute atomic E-state index is 13.3. The molecule has 1 amide bonds. The standard InChI is InChI=1S/C28H31F3N4O5S2/c1-15(28(29,30)31)34-42(39,40)23-11-10-20(18-8-3-4-9-19(18)23)24-21(12-16-6-5-7-16)33-26(41-24)25(36)32-17-13-22(27(37)38)35(2)14-17/h3-4,8-11,15-17,22,34H,5-7,12-14H2,1-2H3,(H,32,36)(H,37,38). The van der Waals surface area contributed by atoms with Crippen molar-refractivity contribution in [2.24, 2.45) is 5.92 Å². The van der Waals surface area contributed by atoms with Crippen LogP contribution in [-0.2, 0) is 21.2 Å². The molecule has 2 fully saturated rings. The van der Waals surface area contributed by atoms with E-state index < -0.39 is 40.2 Å². The Morgan fingerprint density at radius 1 is 1.17 bits per heavy atom. The van der Waals surface area contributed by atoms with Gasteiger partial charge in [0, 0.05) is 23.5 Å². The third-order valence-corrected chi connectivity index (χ3v) is 10.7. The summed E-state index contributed by atoms with van der Waals surface area (Å²) >= 11 is 1.16. The highest BCUT2D eigenvalue weighted by molar-refractivity contribution is 7.89. The van der Waals surface area contributed by atoms with Gasteiger partial charge in [-0.2, -0.15) is 17.9 Å². The number of amides is 1. The summed E-state index contributed by atoms with van der Waals surface area (Å²) in [6.07, 6.45) is -0.676. The van der Waals surface area contributed by atoms with Gasteiger partial charge >= 0.3 is 12.1 Å². The van der Waals surface area contributed by atoms with Crippen LogP contribution in [0.5, 0.6) is 0 Å². The van der Waals surface area contributed by atoms with Gasteiger partial charge < -0.3 is 10.4 Å². The summed E-state index contributed by atoms with van der Waals surface area (Å²) in [5.41, 5.74) is 1.33. The van der Waals surface area contributed by atoms with E-state index >= 15 is 0 Å². The number of carboxylic acids is 1. The minimum atomic E-state index is -4.75. The lowest BCUT2D eigenvalue weighted by Gasteiger charge is -2.24. The monoisotopic (exact) mass is 624 g/mol. The number of halogens is 3. The number of aromatic nitrogens is 1. The number of hydrogen-bond donors (Lipinski definition) is 3. The van der Waals surface area contributed by atoms with Crippen LogP contribution in [-0.4, -0.2) is 73.2 Å². The predicted molar refractivity (Wildman–Crippen MR) is 152 cm³/mol. The average molecular weight is 625 g/mol. The number of thiazole rings is 1. The van der Waals surface area contributed by atoms with E-state index in [-0.39, 0.29) is 27.8 Å². The van der Waals surface area contributed by atoms with Gasteiger partial charge in [-0.25, -0.2) is 13.4 Å². The highest BCUT2D eigenvalue weighted by Crippen LogP contribution is 2.41. The van der Waals surface area contributed by atoms with E-state index in [0.717, 1.165) is 37.5 Å². The SMILES string of the molecule is CC(NS(=O)(=O)c1ccc(-c2sc(C(=O)NC3CC(C(=O)O)N(C)C3)nc2CC2CCC2)c2ccccc12)C(F)(F)F. The first-order valence-corrected chi connectivity index (χ1v) is 15.9. The van der Waals surface area contributed by atoms with E-state index in [4.69, 9.17) is 0 Å². The summed E-state index contributed by atoms with van der Waals surface area (Å²) in [7, 11) is -2.83. The van der Waals surface area contributed by atoms with Crippen LogP contribution in [0.3, 0.4) is 0 Å². The second kappa shape index (κ2) is 11.5. The van der Waals surface area contributed by atoms with Crippen LogP contribution in [0.4, 0.5) is 13.2 Å². The maximum Gasteiger partial charge on any atom is 0.404 e. The van der Waals surface area contributed by atoms with E-state index in [0.29, 0.717) is 40.4 Å². The van der Waals surface area contributed by atoms with Crippen molar-refractivity contribution in [1.29, 1.82) is 0 Å². The molecule has 1 aliphatic carbocycles. The molecular weight excluding hydrogens is 593 g/mol. The second-order valence-electron chi connectivity index (χ2n) is 11.0. The molecule has 1 aromatic heterocycles. The molecule has 14 heteroatoms. The van der Waals surface area contributed by atoms with Gasteiger partial charge in [-0.1, -0.05) is 49.6 Å². The molecule has 3 aromatic rings. The van der Waals surface area contributed by atoms with Crippen LogP contribution in [0, 0.1) is 5.92 Å². The third kappa shape index (κ3) is 6.17. The number of alkyl halides is 3. The molecule has 1 aliphatic heterocycles. The fraction of sp³-hybridized carbons (Fsp3) is 0.464. The summed E-state index contributed by atoms with van der Waals surface area (Å²) in [5, 5.41) is 13.3. The van der Waals surface area contributed by atoms with Crippen LogP contribution in [0.25, 0.3) is 21.2 Å². The number of sulfonamides is 1. The number of hydrogen-bond acceptors (Lipinski definition) is 7. The number of carbonyl (C=O) groups excluding carboxylic acids is 1. The van der Waals surface area contributed by atoms with Gasteiger partial charge in [0.2, 0.25) is 10.0 Å². The van der Waals surface area contributed by atoms with Gasteiger partial charge in [-0.05, 0) is 44.2 Å². The van der Waals surface area contributed by atoms with E-state index in [1.807, 2.05) is 0 Å². The molecule has 2 aromatic carbocycles.